The molecule has 2 aromatic carbocycles. The lowest BCUT2D eigenvalue weighted by Gasteiger charge is -2.18. The minimum absolute atomic E-state index is 0.0456. The van der Waals surface area contributed by atoms with Crippen LogP contribution in [0.1, 0.15) is 31.2 Å². The number of nitrogens with one attached hydrogen (secondary N) is 2. The smallest absolute Gasteiger partial charge is 0.241 e. The fourth-order valence-corrected chi connectivity index (χ4v) is 4.24. The maximum absolute atomic E-state index is 12.5. The van der Waals surface area contributed by atoms with Crippen LogP contribution in [-0.2, 0) is 4.79 Å². The fraction of sp³-hybridized carbons (Fsp3) is 0.217. The fourth-order valence-electron chi connectivity index (χ4n) is 3.17. The van der Waals surface area contributed by atoms with E-state index >= 15 is 0 Å². The Labute approximate surface area is 173 Å². The molecule has 2 heterocycles. The molecule has 2 N–H and O–H groups in total. The second-order valence-electron chi connectivity index (χ2n) is 7.18. The molecule has 0 saturated heterocycles. The molecule has 2 aromatic heterocycles. The van der Waals surface area contributed by atoms with E-state index in [2.05, 4.69) is 35.8 Å². The molecule has 4 aromatic rings. The van der Waals surface area contributed by atoms with Crippen molar-refractivity contribution in [2.75, 3.05) is 5.32 Å². The minimum atomic E-state index is -0.359. The zero-order valence-corrected chi connectivity index (χ0v) is 17.4. The third-order valence-corrected chi connectivity index (χ3v) is 5.87. The Hall–Kier alpha value is -2.96. The van der Waals surface area contributed by atoms with Crippen LogP contribution in [0.4, 0.5) is 5.69 Å². The first kappa shape index (κ1) is 19.4. The summed E-state index contributed by atoms with van der Waals surface area (Å²) in [4.78, 5) is 17.2. The average Bonchev–Trinajstić information content (AvgIpc) is 3.38. The largest absolute Gasteiger partial charge is 0.468 e. The third kappa shape index (κ3) is 4.39. The molecular weight excluding hydrogens is 382 g/mol. The van der Waals surface area contributed by atoms with Gasteiger partial charge in [0, 0.05) is 11.3 Å². The van der Waals surface area contributed by atoms with Crippen molar-refractivity contribution < 1.29 is 9.21 Å². The highest BCUT2D eigenvalue weighted by Gasteiger charge is 2.18. The second kappa shape index (κ2) is 8.19. The molecule has 2 atom stereocenters. The van der Waals surface area contributed by atoms with Crippen molar-refractivity contribution in [3.8, 4) is 10.6 Å². The van der Waals surface area contributed by atoms with Gasteiger partial charge in [0.25, 0.3) is 0 Å². The van der Waals surface area contributed by atoms with Crippen molar-refractivity contribution in [2.45, 2.75) is 32.9 Å². The number of rotatable bonds is 6. The highest BCUT2D eigenvalue weighted by molar-refractivity contribution is 7.21. The summed E-state index contributed by atoms with van der Waals surface area (Å²) in [5, 5.41) is 7.18. The summed E-state index contributed by atoms with van der Waals surface area (Å²) >= 11 is 1.68. The predicted octanol–water partition coefficient (Wildman–Crippen LogP) is 5.54. The standard InChI is InChI=1S/C23H23N3O2S/c1-14-6-11-19-21(13-14)29-23(26-19)17-7-9-18(10-8-17)25-22(27)16(3)24-15(2)20-5-4-12-28-20/h4-13,15-16,24H,1-3H3,(H,25,27)/t15-,16-/m1/s1. The lowest BCUT2D eigenvalue weighted by molar-refractivity contribution is -0.118. The van der Waals surface area contributed by atoms with Crippen molar-refractivity contribution in [3.05, 3.63) is 72.2 Å². The molecule has 0 aliphatic rings. The zero-order chi connectivity index (χ0) is 20.4. The first-order chi connectivity index (χ1) is 14.0. The van der Waals surface area contributed by atoms with Crippen LogP contribution in [0.5, 0.6) is 0 Å². The van der Waals surface area contributed by atoms with E-state index in [1.807, 2.05) is 50.2 Å². The van der Waals surface area contributed by atoms with Crippen molar-refractivity contribution in [1.82, 2.24) is 10.3 Å². The van der Waals surface area contributed by atoms with Gasteiger partial charge >= 0.3 is 0 Å². The van der Waals surface area contributed by atoms with Crippen LogP contribution in [0.15, 0.2) is 65.3 Å². The Morgan fingerprint density at radius 3 is 2.62 bits per heavy atom. The van der Waals surface area contributed by atoms with Gasteiger partial charge in [-0.15, -0.1) is 11.3 Å². The molecule has 0 aliphatic heterocycles. The third-order valence-electron chi connectivity index (χ3n) is 4.81. The Morgan fingerprint density at radius 1 is 1.10 bits per heavy atom. The van der Waals surface area contributed by atoms with Crippen LogP contribution >= 0.6 is 11.3 Å². The molecule has 1 amide bonds. The van der Waals surface area contributed by atoms with Gasteiger partial charge in [0.15, 0.2) is 0 Å². The number of amides is 1. The Kier molecular flexibility index (Phi) is 5.47. The SMILES string of the molecule is Cc1ccc2nc(-c3ccc(NC(=O)[C@@H](C)N[C@H](C)c4ccco4)cc3)sc2c1. The number of thiazole rings is 1. The van der Waals surface area contributed by atoms with E-state index in [0.29, 0.717) is 0 Å². The number of aryl methyl sites for hydroxylation is 1. The van der Waals surface area contributed by atoms with Gasteiger partial charge in [0.05, 0.1) is 28.6 Å². The van der Waals surface area contributed by atoms with E-state index in [1.165, 1.54) is 10.3 Å². The van der Waals surface area contributed by atoms with Gasteiger partial charge in [0.2, 0.25) is 5.91 Å². The van der Waals surface area contributed by atoms with Crippen LogP contribution in [-0.4, -0.2) is 16.9 Å². The summed E-state index contributed by atoms with van der Waals surface area (Å²) in [5.41, 5.74) is 4.04. The average molecular weight is 406 g/mol. The molecule has 0 saturated carbocycles. The highest BCUT2D eigenvalue weighted by atomic mass is 32.1. The maximum atomic E-state index is 12.5. The van der Waals surface area contributed by atoms with Gasteiger partial charge < -0.3 is 9.73 Å². The van der Waals surface area contributed by atoms with Gasteiger partial charge in [-0.05, 0) is 74.9 Å². The van der Waals surface area contributed by atoms with E-state index in [-0.39, 0.29) is 18.0 Å². The summed E-state index contributed by atoms with van der Waals surface area (Å²) in [6.45, 7) is 5.89. The van der Waals surface area contributed by atoms with Crippen LogP contribution in [0.3, 0.4) is 0 Å². The van der Waals surface area contributed by atoms with Crippen LogP contribution in [0.25, 0.3) is 20.8 Å². The number of fused-ring (bicyclic) bond motifs is 1. The summed E-state index contributed by atoms with van der Waals surface area (Å²) in [5.74, 6) is 0.714. The van der Waals surface area contributed by atoms with Gasteiger partial charge in [-0.3, -0.25) is 10.1 Å². The van der Waals surface area contributed by atoms with E-state index in [4.69, 9.17) is 9.40 Å². The van der Waals surface area contributed by atoms with Crippen LogP contribution < -0.4 is 10.6 Å². The summed E-state index contributed by atoms with van der Waals surface area (Å²) < 4.78 is 6.56. The molecule has 5 nitrogen and oxygen atoms in total. The zero-order valence-electron chi connectivity index (χ0n) is 16.6. The summed E-state index contributed by atoms with van der Waals surface area (Å²) in [7, 11) is 0. The lowest BCUT2D eigenvalue weighted by atomic mass is 10.2. The monoisotopic (exact) mass is 405 g/mol. The molecular formula is C23H23N3O2S. The van der Waals surface area contributed by atoms with Crippen molar-refractivity contribution in [2.24, 2.45) is 0 Å². The first-order valence-electron chi connectivity index (χ1n) is 9.57. The van der Waals surface area contributed by atoms with Crippen molar-refractivity contribution in [1.29, 1.82) is 0 Å². The van der Waals surface area contributed by atoms with E-state index in [0.717, 1.165) is 27.5 Å². The van der Waals surface area contributed by atoms with Gasteiger partial charge in [-0.1, -0.05) is 6.07 Å². The number of nitrogens with zero attached hydrogens (tertiary/aromatic N) is 1. The predicted molar refractivity (Wildman–Crippen MR) is 118 cm³/mol. The molecule has 29 heavy (non-hydrogen) atoms. The number of benzene rings is 2. The molecule has 0 bridgehead atoms. The molecule has 0 unspecified atom stereocenters. The molecule has 148 valence electrons. The highest BCUT2D eigenvalue weighted by Crippen LogP contribution is 2.31. The topological polar surface area (TPSA) is 67.2 Å². The summed E-state index contributed by atoms with van der Waals surface area (Å²) in [6.07, 6.45) is 1.63. The second-order valence-corrected chi connectivity index (χ2v) is 8.21. The molecule has 0 spiro atoms. The number of carbonyl (C=O) groups is 1. The number of furan rings is 1. The molecule has 0 radical (unpaired) electrons. The number of aromatic nitrogens is 1. The lowest BCUT2D eigenvalue weighted by Crippen LogP contribution is -2.39. The first-order valence-corrected chi connectivity index (χ1v) is 10.4. The Bertz CT molecular complexity index is 1120. The molecule has 0 fully saturated rings. The normalized spacial score (nSPS) is 13.3. The number of hydrogen-bond donors (Lipinski definition) is 2. The number of carbonyl (C=O) groups excluding carboxylic acids is 1. The molecule has 6 heteroatoms. The Balaban J connectivity index is 1.41. The van der Waals surface area contributed by atoms with E-state index in [1.54, 1.807) is 17.6 Å². The quantitative estimate of drug-likeness (QED) is 0.442. The van der Waals surface area contributed by atoms with Gasteiger partial charge in [-0.25, -0.2) is 4.98 Å². The van der Waals surface area contributed by atoms with Gasteiger partial charge in [-0.2, -0.15) is 0 Å². The van der Waals surface area contributed by atoms with E-state index in [9.17, 15) is 4.79 Å². The van der Waals surface area contributed by atoms with E-state index < -0.39 is 0 Å². The Morgan fingerprint density at radius 2 is 1.90 bits per heavy atom. The molecule has 0 aliphatic carbocycles. The number of anilines is 1. The summed E-state index contributed by atoms with van der Waals surface area (Å²) in [6, 6.07) is 17.4. The van der Waals surface area contributed by atoms with Gasteiger partial charge in [0.1, 0.15) is 10.8 Å². The maximum Gasteiger partial charge on any atom is 0.241 e. The van der Waals surface area contributed by atoms with Crippen molar-refractivity contribution in [3.63, 3.8) is 0 Å². The van der Waals surface area contributed by atoms with Crippen LogP contribution in [0, 0.1) is 6.92 Å². The van der Waals surface area contributed by atoms with Crippen molar-refractivity contribution >= 4 is 33.1 Å². The number of hydrogen-bond acceptors (Lipinski definition) is 5. The molecule has 4 rings (SSSR count). The minimum Gasteiger partial charge on any atom is -0.468 e. The van der Waals surface area contributed by atoms with Crippen LogP contribution in [0.2, 0.25) is 0 Å².